The van der Waals surface area contributed by atoms with Crippen molar-refractivity contribution in [3.63, 3.8) is 0 Å². The number of benzene rings is 2. The maximum absolute atomic E-state index is 13.0. The zero-order valence-corrected chi connectivity index (χ0v) is 20.2. The van der Waals surface area contributed by atoms with Crippen molar-refractivity contribution in [3.8, 4) is 11.5 Å². The molecule has 1 saturated heterocycles. The van der Waals surface area contributed by atoms with Gasteiger partial charge in [-0.25, -0.2) is 0 Å². The lowest BCUT2D eigenvalue weighted by atomic mass is 9.88. The first kappa shape index (κ1) is 25.1. The van der Waals surface area contributed by atoms with Gasteiger partial charge in [0.1, 0.15) is 17.5 Å². The lowest BCUT2D eigenvalue weighted by Gasteiger charge is -2.36. The summed E-state index contributed by atoms with van der Waals surface area (Å²) in [6.07, 6.45) is 1.19. The molecule has 0 radical (unpaired) electrons. The minimum absolute atomic E-state index is 0.0555. The Morgan fingerprint density at radius 3 is 2.15 bits per heavy atom. The van der Waals surface area contributed by atoms with E-state index in [1.54, 1.807) is 55.5 Å². The fourth-order valence-corrected chi connectivity index (χ4v) is 4.17. The van der Waals surface area contributed by atoms with Crippen molar-refractivity contribution in [3.05, 3.63) is 59.7 Å². The van der Waals surface area contributed by atoms with Gasteiger partial charge in [-0.05, 0) is 69.0 Å². The molecule has 2 aromatic rings. The maximum atomic E-state index is 13.0. The third-order valence-electron chi connectivity index (χ3n) is 5.99. The summed E-state index contributed by atoms with van der Waals surface area (Å²) in [6.45, 7) is 4.75. The minimum Gasteiger partial charge on any atom is -0.497 e. The van der Waals surface area contributed by atoms with E-state index in [9.17, 15) is 14.4 Å². The van der Waals surface area contributed by atoms with Crippen LogP contribution < -0.4 is 20.1 Å². The standard InChI is InChI=1S/C26H33N3O5/c1-17(2)27-25(31)23(28-24(30)19-9-11-20(33-3)12-10-19)18-13-15-29(16-14-18)26(32)21-7-5-6-8-22(21)34-4/h5-12,17-18,23H,13-16H2,1-4H3,(H,27,31)(H,28,30). The molecule has 3 amide bonds. The molecule has 1 heterocycles. The second-order valence-corrected chi connectivity index (χ2v) is 8.67. The smallest absolute Gasteiger partial charge is 0.257 e. The summed E-state index contributed by atoms with van der Waals surface area (Å²) in [5.41, 5.74) is 0.970. The fourth-order valence-electron chi connectivity index (χ4n) is 4.17. The SMILES string of the molecule is COc1ccc(C(=O)NC(C(=O)NC(C)C)C2CCN(C(=O)c3ccccc3OC)CC2)cc1. The Kier molecular flexibility index (Phi) is 8.51. The summed E-state index contributed by atoms with van der Waals surface area (Å²) >= 11 is 0. The van der Waals surface area contributed by atoms with Gasteiger partial charge in [0.2, 0.25) is 5.91 Å². The van der Waals surface area contributed by atoms with Crippen molar-refractivity contribution in [1.29, 1.82) is 0 Å². The Balaban J connectivity index is 1.70. The van der Waals surface area contributed by atoms with E-state index in [1.807, 2.05) is 26.0 Å². The molecule has 182 valence electrons. The van der Waals surface area contributed by atoms with Gasteiger partial charge >= 0.3 is 0 Å². The number of hydrogen-bond donors (Lipinski definition) is 2. The van der Waals surface area contributed by atoms with Crippen molar-refractivity contribution in [2.75, 3.05) is 27.3 Å². The highest BCUT2D eigenvalue weighted by Crippen LogP contribution is 2.26. The molecule has 8 heteroatoms. The number of nitrogens with one attached hydrogen (secondary N) is 2. The second kappa shape index (κ2) is 11.5. The van der Waals surface area contributed by atoms with E-state index < -0.39 is 6.04 Å². The van der Waals surface area contributed by atoms with Gasteiger partial charge in [-0.1, -0.05) is 12.1 Å². The number of likely N-dealkylation sites (tertiary alicyclic amines) is 1. The maximum Gasteiger partial charge on any atom is 0.257 e. The van der Waals surface area contributed by atoms with Crippen LogP contribution in [0, 0.1) is 5.92 Å². The van der Waals surface area contributed by atoms with Crippen LogP contribution in [0.2, 0.25) is 0 Å². The van der Waals surface area contributed by atoms with E-state index in [0.717, 1.165) is 0 Å². The lowest BCUT2D eigenvalue weighted by Crippen LogP contribution is -2.54. The summed E-state index contributed by atoms with van der Waals surface area (Å²) < 4.78 is 10.5. The van der Waals surface area contributed by atoms with Gasteiger partial charge in [0.05, 0.1) is 19.8 Å². The van der Waals surface area contributed by atoms with Gasteiger partial charge in [-0.2, -0.15) is 0 Å². The Bertz CT molecular complexity index is 998. The largest absolute Gasteiger partial charge is 0.497 e. The molecule has 1 aliphatic heterocycles. The van der Waals surface area contributed by atoms with Crippen molar-refractivity contribution in [2.45, 2.75) is 38.8 Å². The first-order valence-corrected chi connectivity index (χ1v) is 11.5. The molecule has 1 unspecified atom stereocenters. The van der Waals surface area contributed by atoms with E-state index in [2.05, 4.69) is 10.6 Å². The van der Waals surface area contributed by atoms with Gasteiger partial charge in [-0.3, -0.25) is 14.4 Å². The molecule has 2 N–H and O–H groups in total. The van der Waals surface area contributed by atoms with Gasteiger partial charge in [0.25, 0.3) is 11.8 Å². The average molecular weight is 468 g/mol. The molecular weight excluding hydrogens is 434 g/mol. The van der Waals surface area contributed by atoms with Crippen LogP contribution in [0.5, 0.6) is 11.5 Å². The highest BCUT2D eigenvalue weighted by molar-refractivity contribution is 5.98. The second-order valence-electron chi connectivity index (χ2n) is 8.67. The van der Waals surface area contributed by atoms with Gasteiger partial charge in [-0.15, -0.1) is 0 Å². The van der Waals surface area contributed by atoms with Crippen LogP contribution in [-0.4, -0.2) is 62.0 Å². The molecule has 0 aliphatic carbocycles. The minimum atomic E-state index is -0.694. The van der Waals surface area contributed by atoms with E-state index >= 15 is 0 Å². The number of amides is 3. The highest BCUT2D eigenvalue weighted by atomic mass is 16.5. The highest BCUT2D eigenvalue weighted by Gasteiger charge is 2.34. The van der Waals surface area contributed by atoms with Gasteiger partial charge in [0, 0.05) is 24.7 Å². The number of nitrogens with zero attached hydrogens (tertiary/aromatic N) is 1. The van der Waals surface area contributed by atoms with Crippen molar-refractivity contribution < 1.29 is 23.9 Å². The van der Waals surface area contributed by atoms with E-state index in [1.165, 1.54) is 0 Å². The molecule has 1 atom stereocenters. The summed E-state index contributed by atoms with van der Waals surface area (Å²) in [7, 11) is 3.11. The summed E-state index contributed by atoms with van der Waals surface area (Å²) in [6, 6.07) is 13.2. The molecule has 34 heavy (non-hydrogen) atoms. The van der Waals surface area contributed by atoms with Crippen LogP contribution in [0.15, 0.2) is 48.5 Å². The Labute approximate surface area is 200 Å². The first-order valence-electron chi connectivity index (χ1n) is 11.5. The number of hydrogen-bond acceptors (Lipinski definition) is 5. The van der Waals surface area contributed by atoms with Crippen LogP contribution >= 0.6 is 0 Å². The molecule has 0 aromatic heterocycles. The average Bonchev–Trinajstić information content (AvgIpc) is 2.86. The van der Waals surface area contributed by atoms with Crippen LogP contribution in [-0.2, 0) is 4.79 Å². The summed E-state index contributed by atoms with van der Waals surface area (Å²) in [5.74, 6) is 0.461. The normalized spacial score (nSPS) is 14.9. The Hall–Kier alpha value is -3.55. The molecule has 0 spiro atoms. The molecule has 2 aromatic carbocycles. The van der Waals surface area contributed by atoms with E-state index in [-0.39, 0.29) is 29.7 Å². The zero-order chi connectivity index (χ0) is 24.7. The quantitative estimate of drug-likeness (QED) is 0.622. The molecule has 0 bridgehead atoms. The van der Waals surface area contributed by atoms with Crippen LogP contribution in [0.3, 0.4) is 0 Å². The summed E-state index contributed by atoms with van der Waals surface area (Å²) in [5, 5.41) is 5.84. The third kappa shape index (κ3) is 6.07. The number of carbonyl (C=O) groups is 3. The molecule has 1 aliphatic rings. The van der Waals surface area contributed by atoms with Gasteiger partial charge < -0.3 is 25.0 Å². The van der Waals surface area contributed by atoms with Crippen molar-refractivity contribution >= 4 is 17.7 Å². The number of carbonyl (C=O) groups excluding carboxylic acids is 3. The Morgan fingerprint density at radius 2 is 1.56 bits per heavy atom. The zero-order valence-electron chi connectivity index (χ0n) is 20.2. The monoisotopic (exact) mass is 467 g/mol. The van der Waals surface area contributed by atoms with E-state index in [0.29, 0.717) is 48.6 Å². The predicted molar refractivity (Wildman–Crippen MR) is 129 cm³/mol. The lowest BCUT2D eigenvalue weighted by molar-refractivity contribution is -0.125. The van der Waals surface area contributed by atoms with Gasteiger partial charge in [0.15, 0.2) is 0 Å². The predicted octanol–water partition coefficient (Wildman–Crippen LogP) is 2.88. The number of para-hydroxylation sites is 1. The van der Waals surface area contributed by atoms with Crippen LogP contribution in [0.4, 0.5) is 0 Å². The third-order valence-corrected chi connectivity index (χ3v) is 5.99. The molecular formula is C26H33N3O5. The molecule has 0 saturated carbocycles. The van der Waals surface area contributed by atoms with E-state index in [4.69, 9.17) is 9.47 Å². The van der Waals surface area contributed by atoms with Crippen LogP contribution in [0.1, 0.15) is 47.4 Å². The number of methoxy groups -OCH3 is 2. The first-order chi connectivity index (χ1) is 16.3. The summed E-state index contributed by atoms with van der Waals surface area (Å²) in [4.78, 5) is 40.7. The number of ether oxygens (including phenoxy) is 2. The number of piperidine rings is 1. The number of rotatable bonds is 8. The molecule has 1 fully saturated rings. The molecule has 3 rings (SSSR count). The Morgan fingerprint density at radius 1 is 0.912 bits per heavy atom. The topological polar surface area (TPSA) is 97.0 Å². The van der Waals surface area contributed by atoms with Crippen molar-refractivity contribution in [1.82, 2.24) is 15.5 Å². The fraction of sp³-hybridized carbons (Fsp3) is 0.423. The molecule has 8 nitrogen and oxygen atoms in total. The van der Waals surface area contributed by atoms with Crippen molar-refractivity contribution in [2.24, 2.45) is 5.92 Å². The van der Waals surface area contributed by atoms with Crippen LogP contribution in [0.25, 0.3) is 0 Å².